The number of nitrogens with one attached hydrogen (secondary N) is 1. The van der Waals surface area contributed by atoms with Crippen LogP contribution in [0.15, 0.2) is 48.5 Å². The number of aryl methyl sites for hydroxylation is 1. The highest BCUT2D eigenvalue weighted by molar-refractivity contribution is 5.64. The molecule has 0 aliphatic carbocycles. The number of benzene rings is 2. The van der Waals surface area contributed by atoms with Gasteiger partial charge < -0.3 is 19.7 Å². The minimum atomic E-state index is 0.459. The molecule has 0 bridgehead atoms. The summed E-state index contributed by atoms with van der Waals surface area (Å²) < 4.78 is 10.7. The molecule has 1 heterocycles. The molecular weight excluding hydrogens is 342 g/mol. The van der Waals surface area contributed by atoms with Crippen molar-refractivity contribution in [2.45, 2.75) is 13.5 Å². The maximum absolute atomic E-state index is 5.42. The predicted molar refractivity (Wildman–Crippen MR) is 106 cm³/mol. The second kappa shape index (κ2) is 8.35. The van der Waals surface area contributed by atoms with E-state index < -0.39 is 0 Å². The van der Waals surface area contributed by atoms with Crippen molar-refractivity contribution in [3.8, 4) is 11.5 Å². The Morgan fingerprint density at radius 2 is 1.74 bits per heavy atom. The summed E-state index contributed by atoms with van der Waals surface area (Å²) in [5.74, 6) is 3.05. The first-order valence-electron chi connectivity index (χ1n) is 8.56. The summed E-state index contributed by atoms with van der Waals surface area (Å²) in [5, 5.41) is 3.21. The van der Waals surface area contributed by atoms with Crippen molar-refractivity contribution in [2.75, 3.05) is 31.5 Å². The number of hydrogen-bond donors (Lipinski definition) is 1. The third-order valence-corrected chi connectivity index (χ3v) is 3.99. The Bertz CT molecular complexity index is 902. The van der Waals surface area contributed by atoms with Gasteiger partial charge in [-0.2, -0.15) is 15.0 Å². The molecule has 3 rings (SSSR count). The first kappa shape index (κ1) is 18.4. The van der Waals surface area contributed by atoms with Crippen LogP contribution in [-0.2, 0) is 6.54 Å². The zero-order valence-corrected chi connectivity index (χ0v) is 15.9. The molecule has 140 valence electrons. The van der Waals surface area contributed by atoms with Gasteiger partial charge in [-0.15, -0.1) is 0 Å². The van der Waals surface area contributed by atoms with E-state index >= 15 is 0 Å². The largest absolute Gasteiger partial charge is 0.497 e. The minimum Gasteiger partial charge on any atom is -0.497 e. The van der Waals surface area contributed by atoms with E-state index in [1.165, 1.54) is 5.56 Å². The molecule has 7 nitrogen and oxygen atoms in total. The van der Waals surface area contributed by atoms with Gasteiger partial charge in [-0.05, 0) is 24.6 Å². The molecular formula is C20H23N5O2. The number of hydrogen-bond acceptors (Lipinski definition) is 7. The number of rotatable bonds is 7. The second-order valence-electron chi connectivity index (χ2n) is 6.04. The molecule has 2 aromatic carbocycles. The van der Waals surface area contributed by atoms with Crippen LogP contribution in [0.5, 0.6) is 11.5 Å². The van der Waals surface area contributed by atoms with Crippen molar-refractivity contribution in [2.24, 2.45) is 0 Å². The van der Waals surface area contributed by atoms with Gasteiger partial charge in [0.05, 0.1) is 19.9 Å². The Balaban J connectivity index is 1.83. The van der Waals surface area contributed by atoms with Crippen molar-refractivity contribution in [1.82, 2.24) is 15.0 Å². The number of methoxy groups -OCH3 is 2. The topological polar surface area (TPSA) is 72.4 Å². The molecule has 0 atom stereocenters. The van der Waals surface area contributed by atoms with Crippen LogP contribution >= 0.6 is 0 Å². The highest BCUT2D eigenvalue weighted by Crippen LogP contribution is 2.30. The van der Waals surface area contributed by atoms with E-state index in [2.05, 4.69) is 32.4 Å². The maximum atomic E-state index is 5.42. The summed E-state index contributed by atoms with van der Waals surface area (Å²) in [7, 11) is 5.18. The molecule has 27 heavy (non-hydrogen) atoms. The van der Waals surface area contributed by atoms with E-state index in [1.54, 1.807) is 20.3 Å². The normalized spacial score (nSPS) is 10.4. The number of nitrogens with zero attached hydrogens (tertiary/aromatic N) is 4. The van der Waals surface area contributed by atoms with Crippen LogP contribution in [0.1, 0.15) is 11.4 Å². The first-order valence-corrected chi connectivity index (χ1v) is 8.56. The maximum Gasteiger partial charge on any atom is 0.232 e. The van der Waals surface area contributed by atoms with Crippen molar-refractivity contribution in [1.29, 1.82) is 0 Å². The SMILES string of the molecule is COc1ccc(Nc2nc(C)nc(N(C)Cc3ccccc3)n2)c(OC)c1. The number of ether oxygens (including phenoxy) is 2. The monoisotopic (exact) mass is 365 g/mol. The summed E-state index contributed by atoms with van der Waals surface area (Å²) in [6.07, 6.45) is 0. The van der Waals surface area contributed by atoms with Crippen LogP contribution in [0.4, 0.5) is 17.6 Å². The quantitative estimate of drug-likeness (QED) is 0.686. The Hall–Kier alpha value is -3.35. The van der Waals surface area contributed by atoms with Gasteiger partial charge >= 0.3 is 0 Å². The summed E-state index contributed by atoms with van der Waals surface area (Å²) >= 11 is 0. The summed E-state index contributed by atoms with van der Waals surface area (Å²) in [6.45, 7) is 2.55. The number of anilines is 3. The molecule has 0 amide bonds. The molecule has 3 aromatic rings. The van der Waals surface area contributed by atoms with Gasteiger partial charge in [0, 0.05) is 19.7 Å². The van der Waals surface area contributed by atoms with Gasteiger partial charge in [0.15, 0.2) is 0 Å². The standard InChI is InChI=1S/C20H23N5O2/c1-14-21-19(23-17-11-10-16(26-3)12-18(17)27-4)24-20(22-14)25(2)13-15-8-6-5-7-9-15/h5-12H,13H2,1-4H3,(H,21,22,23,24). The Kier molecular flexibility index (Phi) is 5.71. The highest BCUT2D eigenvalue weighted by Gasteiger charge is 2.12. The average molecular weight is 365 g/mol. The van der Waals surface area contributed by atoms with Crippen LogP contribution in [-0.4, -0.2) is 36.2 Å². The van der Waals surface area contributed by atoms with Crippen LogP contribution in [0.25, 0.3) is 0 Å². The van der Waals surface area contributed by atoms with E-state index in [9.17, 15) is 0 Å². The van der Waals surface area contributed by atoms with Crippen LogP contribution in [0.3, 0.4) is 0 Å². The molecule has 1 N–H and O–H groups in total. The van der Waals surface area contributed by atoms with E-state index in [1.807, 2.05) is 49.2 Å². The molecule has 7 heteroatoms. The lowest BCUT2D eigenvalue weighted by Crippen LogP contribution is -2.20. The molecule has 0 radical (unpaired) electrons. The highest BCUT2D eigenvalue weighted by atomic mass is 16.5. The van der Waals surface area contributed by atoms with Gasteiger partial charge in [-0.25, -0.2) is 0 Å². The van der Waals surface area contributed by atoms with E-state index in [0.29, 0.717) is 35.8 Å². The smallest absolute Gasteiger partial charge is 0.232 e. The fourth-order valence-electron chi connectivity index (χ4n) is 2.64. The summed E-state index contributed by atoms with van der Waals surface area (Å²) in [4.78, 5) is 15.4. The summed E-state index contributed by atoms with van der Waals surface area (Å²) in [6, 6.07) is 15.7. The average Bonchev–Trinajstić information content (AvgIpc) is 2.68. The van der Waals surface area contributed by atoms with Crippen molar-refractivity contribution in [3.63, 3.8) is 0 Å². The lowest BCUT2D eigenvalue weighted by atomic mass is 10.2. The molecule has 0 saturated heterocycles. The zero-order chi connectivity index (χ0) is 19.2. The lowest BCUT2D eigenvalue weighted by molar-refractivity contribution is 0.395. The van der Waals surface area contributed by atoms with E-state index in [4.69, 9.17) is 9.47 Å². The lowest BCUT2D eigenvalue weighted by Gasteiger charge is -2.18. The van der Waals surface area contributed by atoms with Gasteiger partial charge in [-0.1, -0.05) is 30.3 Å². The number of aromatic nitrogens is 3. The third kappa shape index (κ3) is 4.63. The van der Waals surface area contributed by atoms with Crippen LogP contribution in [0.2, 0.25) is 0 Å². The molecule has 0 saturated carbocycles. The van der Waals surface area contributed by atoms with Crippen molar-refractivity contribution < 1.29 is 9.47 Å². The van der Waals surface area contributed by atoms with Crippen LogP contribution in [0, 0.1) is 6.92 Å². The molecule has 1 aromatic heterocycles. The summed E-state index contributed by atoms with van der Waals surface area (Å²) in [5.41, 5.74) is 1.94. The Morgan fingerprint density at radius 3 is 2.44 bits per heavy atom. The fourth-order valence-corrected chi connectivity index (χ4v) is 2.64. The predicted octanol–water partition coefficient (Wildman–Crippen LogP) is 3.58. The van der Waals surface area contributed by atoms with E-state index in [0.717, 1.165) is 5.69 Å². The van der Waals surface area contributed by atoms with Gasteiger partial charge in [-0.3, -0.25) is 0 Å². The van der Waals surface area contributed by atoms with E-state index in [-0.39, 0.29) is 0 Å². The van der Waals surface area contributed by atoms with Crippen LogP contribution < -0.4 is 19.7 Å². The Morgan fingerprint density at radius 1 is 0.963 bits per heavy atom. The third-order valence-electron chi connectivity index (χ3n) is 3.99. The minimum absolute atomic E-state index is 0.459. The second-order valence-corrected chi connectivity index (χ2v) is 6.04. The molecule has 0 spiro atoms. The first-order chi connectivity index (χ1) is 13.1. The van der Waals surface area contributed by atoms with Crippen molar-refractivity contribution >= 4 is 17.6 Å². The zero-order valence-electron chi connectivity index (χ0n) is 15.9. The molecule has 0 aliphatic heterocycles. The fraction of sp³-hybridized carbons (Fsp3) is 0.250. The molecule has 0 fully saturated rings. The molecule has 0 aliphatic rings. The molecule has 0 unspecified atom stereocenters. The Labute approximate surface area is 159 Å². The van der Waals surface area contributed by atoms with Gasteiger partial charge in [0.2, 0.25) is 11.9 Å². The van der Waals surface area contributed by atoms with Gasteiger partial charge in [0.25, 0.3) is 0 Å². The van der Waals surface area contributed by atoms with Crippen molar-refractivity contribution in [3.05, 3.63) is 59.9 Å². The van der Waals surface area contributed by atoms with Gasteiger partial charge in [0.1, 0.15) is 17.3 Å².